The Kier molecular flexibility index (Phi) is 1.38. The molecular weight excluding hydrogens is 141 g/mol. The molecule has 0 saturated heterocycles. The number of fused-ring (bicyclic) bond motifs is 1. The summed E-state index contributed by atoms with van der Waals surface area (Å²) in [6, 6.07) is 8.40. The zero-order valence-electron chi connectivity index (χ0n) is 5.74. The van der Waals surface area contributed by atoms with E-state index in [1.165, 1.54) is 10.6 Å². The molecule has 0 amide bonds. The van der Waals surface area contributed by atoms with Crippen molar-refractivity contribution in [3.63, 3.8) is 0 Å². The number of para-hydroxylation sites is 1. The molecule has 1 aliphatic heterocycles. The number of nitrogens with zero attached hydrogens (tertiary/aromatic N) is 1. The van der Waals surface area contributed by atoms with Gasteiger partial charge in [-0.2, -0.15) is 11.6 Å². The van der Waals surface area contributed by atoms with Gasteiger partial charge >= 0.3 is 6.69 Å². The molecule has 0 saturated carbocycles. The molecule has 0 bridgehead atoms. The first-order valence-corrected chi connectivity index (χ1v) is 4.08. The molecule has 0 aliphatic carbocycles. The molecule has 1 radical (unpaired) electrons. The van der Waals surface area contributed by atoms with Gasteiger partial charge in [-0.15, -0.1) is 0 Å². The van der Waals surface area contributed by atoms with Crippen molar-refractivity contribution in [1.29, 1.82) is 0 Å². The van der Waals surface area contributed by atoms with Crippen LogP contribution in [0.1, 0.15) is 0 Å². The fourth-order valence-electron chi connectivity index (χ4n) is 1.04. The van der Waals surface area contributed by atoms with E-state index in [1.807, 2.05) is 0 Å². The van der Waals surface area contributed by atoms with E-state index in [4.69, 9.17) is 0 Å². The molecule has 0 fully saturated rings. The number of anilines is 1. The van der Waals surface area contributed by atoms with E-state index < -0.39 is 0 Å². The Morgan fingerprint density at radius 1 is 1.40 bits per heavy atom. The van der Waals surface area contributed by atoms with Crippen molar-refractivity contribution in [2.45, 2.75) is 4.90 Å². The van der Waals surface area contributed by atoms with Crippen molar-refractivity contribution in [1.82, 2.24) is 0 Å². The van der Waals surface area contributed by atoms with E-state index in [0.717, 1.165) is 0 Å². The maximum absolute atomic E-state index is 2.14. The molecule has 0 aromatic heterocycles. The summed E-state index contributed by atoms with van der Waals surface area (Å²) in [4.78, 5) is 3.49. The molecule has 0 N–H and O–H groups in total. The molecule has 10 heavy (non-hydrogen) atoms. The first kappa shape index (κ1) is 6.16. The molecule has 3 heteroatoms. The standard InChI is InChI=1S/C7H7BNS/c1-9-6-4-2-3-5-7(6)10-8-9/h2-5H,1H3. The van der Waals surface area contributed by atoms with Gasteiger partial charge in [0.15, 0.2) is 0 Å². The SMILES string of the molecule is CN1[B]Sc2ccccc21. The summed E-state index contributed by atoms with van der Waals surface area (Å²) in [5.41, 5.74) is 1.31. The van der Waals surface area contributed by atoms with Gasteiger partial charge in [-0.05, 0) is 19.2 Å². The lowest BCUT2D eigenvalue weighted by Gasteiger charge is -2.08. The molecule has 0 atom stereocenters. The average Bonchev–Trinajstić information content (AvgIpc) is 2.34. The van der Waals surface area contributed by atoms with Crippen LogP contribution in [0.3, 0.4) is 0 Å². The van der Waals surface area contributed by atoms with Gasteiger partial charge in [0.2, 0.25) is 0 Å². The monoisotopic (exact) mass is 148 g/mol. The molecule has 1 aromatic rings. The summed E-state index contributed by atoms with van der Waals surface area (Å²) in [5, 5.41) is 0. The Bertz CT molecular complexity index is 251. The van der Waals surface area contributed by atoms with E-state index in [2.05, 4.69) is 42.8 Å². The van der Waals surface area contributed by atoms with Crippen LogP contribution in [0.5, 0.6) is 0 Å². The van der Waals surface area contributed by atoms with Gasteiger partial charge in [0.25, 0.3) is 0 Å². The molecule has 49 valence electrons. The minimum Gasteiger partial charge on any atom is -0.411 e. The van der Waals surface area contributed by atoms with Crippen molar-refractivity contribution in [2.75, 3.05) is 11.9 Å². The van der Waals surface area contributed by atoms with Gasteiger partial charge < -0.3 is 4.81 Å². The Morgan fingerprint density at radius 3 is 3.00 bits per heavy atom. The minimum atomic E-state index is 1.31. The summed E-state index contributed by atoms with van der Waals surface area (Å²) < 4.78 is 0. The van der Waals surface area contributed by atoms with Gasteiger partial charge in [-0.25, -0.2) is 0 Å². The molecule has 0 spiro atoms. The highest BCUT2D eigenvalue weighted by Gasteiger charge is 2.15. The van der Waals surface area contributed by atoms with E-state index in [9.17, 15) is 0 Å². The second kappa shape index (κ2) is 2.24. The summed E-state index contributed by atoms with van der Waals surface area (Å²) in [5.74, 6) is 0. The Hall–Kier alpha value is -0.565. The highest BCUT2D eigenvalue weighted by molar-refractivity contribution is 8.23. The van der Waals surface area contributed by atoms with Crippen LogP contribution < -0.4 is 4.81 Å². The average molecular weight is 148 g/mol. The highest BCUT2D eigenvalue weighted by atomic mass is 32.2. The van der Waals surface area contributed by atoms with Crippen LogP contribution in [-0.2, 0) is 0 Å². The van der Waals surface area contributed by atoms with Gasteiger partial charge in [0.1, 0.15) is 0 Å². The normalized spacial score (nSPS) is 14.7. The Morgan fingerprint density at radius 2 is 2.20 bits per heavy atom. The molecule has 2 rings (SSSR count). The zero-order chi connectivity index (χ0) is 6.97. The number of rotatable bonds is 0. The molecule has 0 unspecified atom stereocenters. The second-order valence-corrected chi connectivity index (χ2v) is 3.19. The number of benzene rings is 1. The van der Waals surface area contributed by atoms with Crippen molar-refractivity contribution in [2.24, 2.45) is 0 Å². The predicted octanol–water partition coefficient (Wildman–Crippen LogP) is 1.76. The molecular formula is C7H7BNS. The maximum atomic E-state index is 2.14. The van der Waals surface area contributed by atoms with Crippen LogP contribution >= 0.6 is 11.6 Å². The zero-order valence-corrected chi connectivity index (χ0v) is 6.56. The van der Waals surface area contributed by atoms with Crippen molar-refractivity contribution in [3.05, 3.63) is 24.3 Å². The van der Waals surface area contributed by atoms with Crippen molar-refractivity contribution < 1.29 is 0 Å². The third kappa shape index (κ3) is 0.815. The van der Waals surface area contributed by atoms with Crippen LogP contribution in [0.4, 0.5) is 5.69 Å². The molecule has 1 aromatic carbocycles. The lowest BCUT2D eigenvalue weighted by atomic mass is 10.2. The fourth-order valence-corrected chi connectivity index (χ4v) is 1.92. The van der Waals surface area contributed by atoms with E-state index in [0.29, 0.717) is 0 Å². The third-order valence-electron chi connectivity index (χ3n) is 1.58. The first-order valence-electron chi connectivity index (χ1n) is 3.20. The minimum absolute atomic E-state index is 1.31. The van der Waals surface area contributed by atoms with Crippen LogP contribution in [0, 0.1) is 0 Å². The van der Waals surface area contributed by atoms with E-state index in [-0.39, 0.29) is 0 Å². The quantitative estimate of drug-likeness (QED) is 0.515. The largest absolute Gasteiger partial charge is 0.411 e. The van der Waals surface area contributed by atoms with Gasteiger partial charge in [-0.1, -0.05) is 12.1 Å². The first-order chi connectivity index (χ1) is 4.88. The van der Waals surface area contributed by atoms with Crippen LogP contribution in [0.2, 0.25) is 0 Å². The fraction of sp³-hybridized carbons (Fsp3) is 0.143. The maximum Gasteiger partial charge on any atom is 0.331 e. The summed E-state index contributed by atoms with van der Waals surface area (Å²) >= 11 is 1.78. The molecule has 1 nitrogen and oxygen atoms in total. The topological polar surface area (TPSA) is 3.24 Å². The summed E-state index contributed by atoms with van der Waals surface area (Å²) in [6.45, 7) is 2.12. The van der Waals surface area contributed by atoms with Crippen LogP contribution in [0.25, 0.3) is 0 Å². The smallest absolute Gasteiger partial charge is 0.331 e. The summed E-state index contributed by atoms with van der Waals surface area (Å²) in [6.07, 6.45) is 0. The molecule has 1 heterocycles. The van der Waals surface area contributed by atoms with Crippen molar-refractivity contribution in [3.8, 4) is 0 Å². The lowest BCUT2D eigenvalue weighted by Crippen LogP contribution is -2.13. The van der Waals surface area contributed by atoms with Gasteiger partial charge in [-0.3, -0.25) is 0 Å². The number of hydrogen-bond acceptors (Lipinski definition) is 2. The van der Waals surface area contributed by atoms with Crippen molar-refractivity contribution >= 4 is 24.0 Å². The van der Waals surface area contributed by atoms with Crippen LogP contribution in [-0.4, -0.2) is 13.7 Å². The van der Waals surface area contributed by atoms with Gasteiger partial charge in [0.05, 0.1) is 0 Å². The second-order valence-electron chi connectivity index (χ2n) is 2.30. The Labute approximate surface area is 65.6 Å². The Balaban J connectivity index is 2.51. The van der Waals surface area contributed by atoms with Gasteiger partial charge in [0, 0.05) is 10.6 Å². The lowest BCUT2D eigenvalue weighted by molar-refractivity contribution is 1.29. The van der Waals surface area contributed by atoms with E-state index >= 15 is 0 Å². The number of hydrogen-bond donors (Lipinski definition) is 0. The third-order valence-corrected chi connectivity index (χ3v) is 2.60. The van der Waals surface area contributed by atoms with Crippen LogP contribution in [0.15, 0.2) is 29.2 Å². The predicted molar refractivity (Wildman–Crippen MR) is 46.5 cm³/mol. The molecule has 1 aliphatic rings. The summed E-state index contributed by atoms with van der Waals surface area (Å²) in [7, 11) is 2.07. The highest BCUT2D eigenvalue weighted by Crippen LogP contribution is 2.34. The van der Waals surface area contributed by atoms with E-state index in [1.54, 1.807) is 11.6 Å².